The third-order valence-corrected chi connectivity index (χ3v) is 4.31. The zero-order chi connectivity index (χ0) is 19.8. The molecular weight excluding hydrogens is 396 g/mol. The highest BCUT2D eigenvalue weighted by Crippen LogP contribution is 2.20. The van der Waals surface area contributed by atoms with E-state index in [9.17, 15) is 14.4 Å². The molecule has 0 bridgehead atoms. The number of hydrogen-bond acceptors (Lipinski definition) is 9. The average molecular weight is 427 g/mol. The fourth-order valence-corrected chi connectivity index (χ4v) is 2.25. The third-order valence-electron chi connectivity index (χ3n) is 3.36. The van der Waals surface area contributed by atoms with Crippen molar-refractivity contribution in [3.8, 4) is 0 Å². The molecule has 6 nitrogen and oxygen atoms in total. The van der Waals surface area contributed by atoms with Crippen LogP contribution in [0.2, 0.25) is 0 Å². The van der Waals surface area contributed by atoms with Gasteiger partial charge in [0.25, 0.3) is 0 Å². The van der Waals surface area contributed by atoms with Crippen molar-refractivity contribution in [1.82, 2.24) is 0 Å². The molecule has 0 N–H and O–H groups in total. The normalized spacial score (nSPS) is 11.1. The Kier molecular flexibility index (Phi) is 15.2. The highest BCUT2D eigenvalue weighted by molar-refractivity contribution is 7.80. The summed E-state index contributed by atoms with van der Waals surface area (Å²) < 4.78 is 15.8. The first kappa shape index (κ1) is 25.5. The lowest BCUT2D eigenvalue weighted by Crippen LogP contribution is -2.37. The molecule has 0 amide bonds. The van der Waals surface area contributed by atoms with Crippen molar-refractivity contribution in [3.63, 3.8) is 0 Å². The molecule has 0 aliphatic rings. The first-order valence-electron chi connectivity index (χ1n) is 8.66. The minimum Gasteiger partial charge on any atom is -0.465 e. The van der Waals surface area contributed by atoms with Crippen molar-refractivity contribution in [2.45, 2.75) is 45.4 Å². The molecule has 0 aromatic carbocycles. The molecule has 0 saturated heterocycles. The first-order valence-corrected chi connectivity index (χ1v) is 10.6. The maximum Gasteiger partial charge on any atom is 0.305 e. The van der Waals surface area contributed by atoms with Gasteiger partial charge in [-0.3, -0.25) is 14.4 Å². The number of hydrogen-bond donors (Lipinski definition) is 3. The van der Waals surface area contributed by atoms with Gasteiger partial charge in [-0.2, -0.15) is 37.9 Å². The van der Waals surface area contributed by atoms with Gasteiger partial charge in [0, 0.05) is 19.3 Å². The summed E-state index contributed by atoms with van der Waals surface area (Å²) in [5.41, 5.74) is -0.802. The molecule has 0 aliphatic carbocycles. The maximum atomic E-state index is 11.7. The quantitative estimate of drug-likeness (QED) is 0.212. The van der Waals surface area contributed by atoms with Crippen LogP contribution in [0, 0.1) is 5.41 Å². The van der Waals surface area contributed by atoms with E-state index in [1.165, 1.54) is 0 Å². The number of rotatable bonds is 15. The lowest BCUT2D eigenvalue weighted by molar-refractivity contribution is -0.160. The lowest BCUT2D eigenvalue weighted by atomic mass is 9.94. The Morgan fingerprint density at radius 3 is 1.15 bits per heavy atom. The van der Waals surface area contributed by atoms with E-state index >= 15 is 0 Å². The van der Waals surface area contributed by atoms with Gasteiger partial charge in [-0.25, -0.2) is 0 Å². The third kappa shape index (κ3) is 13.6. The Morgan fingerprint density at radius 2 is 0.923 bits per heavy atom. The molecule has 0 saturated carbocycles. The molecule has 0 heterocycles. The number of ether oxygens (including phenoxy) is 3. The van der Waals surface area contributed by atoms with Crippen molar-refractivity contribution < 1.29 is 28.6 Å². The van der Waals surface area contributed by atoms with Gasteiger partial charge in [0.2, 0.25) is 0 Å². The highest BCUT2D eigenvalue weighted by Gasteiger charge is 2.30. The van der Waals surface area contributed by atoms with Crippen molar-refractivity contribution in [3.05, 3.63) is 0 Å². The summed E-state index contributed by atoms with van der Waals surface area (Å²) in [5.74, 6) is 0.724. The van der Waals surface area contributed by atoms with Gasteiger partial charge in [-0.1, -0.05) is 0 Å². The van der Waals surface area contributed by atoms with Crippen LogP contribution in [0.1, 0.15) is 45.4 Å². The average Bonchev–Trinajstić information content (AvgIpc) is 2.64. The molecule has 0 atom stereocenters. The number of thiol groups is 3. The summed E-state index contributed by atoms with van der Waals surface area (Å²) in [7, 11) is 0. The molecular formula is C17H30O6S3. The second-order valence-corrected chi connectivity index (χ2v) is 7.62. The zero-order valence-electron chi connectivity index (χ0n) is 15.3. The molecule has 26 heavy (non-hydrogen) atoms. The van der Waals surface area contributed by atoms with E-state index in [-0.39, 0.29) is 57.0 Å². The van der Waals surface area contributed by atoms with Crippen LogP contribution in [0.15, 0.2) is 0 Å². The van der Waals surface area contributed by atoms with Crippen LogP contribution in [-0.4, -0.2) is 55.0 Å². The second kappa shape index (κ2) is 15.5. The SMILES string of the molecule is CC(COC(=O)CCCS)(COC(=O)CCCS)COC(=O)CCCS. The van der Waals surface area contributed by atoms with Crippen molar-refractivity contribution in [2.24, 2.45) is 5.41 Å². The fourth-order valence-electron chi connectivity index (χ4n) is 1.78. The summed E-state index contributed by atoms with van der Waals surface area (Å²) in [6.07, 6.45) is 2.66. The number of carbonyl (C=O) groups is 3. The van der Waals surface area contributed by atoms with E-state index in [4.69, 9.17) is 14.2 Å². The molecule has 0 fully saturated rings. The highest BCUT2D eigenvalue weighted by atomic mass is 32.1. The molecule has 0 rings (SSSR count). The van der Waals surface area contributed by atoms with Crippen LogP contribution >= 0.6 is 37.9 Å². The minimum absolute atomic E-state index is 0.00188. The van der Waals surface area contributed by atoms with Gasteiger partial charge in [0.1, 0.15) is 19.8 Å². The minimum atomic E-state index is -0.802. The number of esters is 3. The summed E-state index contributed by atoms with van der Waals surface area (Å²) in [6, 6.07) is 0. The van der Waals surface area contributed by atoms with Crippen LogP contribution in [-0.2, 0) is 28.6 Å². The Morgan fingerprint density at radius 1 is 0.654 bits per heavy atom. The summed E-state index contributed by atoms with van der Waals surface area (Å²) in [4.78, 5) is 35.2. The summed E-state index contributed by atoms with van der Waals surface area (Å²) in [6.45, 7) is 1.74. The van der Waals surface area contributed by atoms with Gasteiger partial charge in [-0.15, -0.1) is 0 Å². The Bertz CT molecular complexity index is 371. The van der Waals surface area contributed by atoms with Gasteiger partial charge in [0.15, 0.2) is 0 Å². The topological polar surface area (TPSA) is 78.9 Å². The van der Waals surface area contributed by atoms with Crippen molar-refractivity contribution in [1.29, 1.82) is 0 Å². The molecule has 0 aromatic heterocycles. The molecule has 9 heteroatoms. The molecule has 0 radical (unpaired) electrons. The van der Waals surface area contributed by atoms with Crippen molar-refractivity contribution in [2.75, 3.05) is 37.1 Å². The van der Waals surface area contributed by atoms with Gasteiger partial charge < -0.3 is 14.2 Å². The summed E-state index contributed by atoms with van der Waals surface area (Å²) in [5, 5.41) is 0. The molecule has 0 aromatic rings. The lowest BCUT2D eigenvalue weighted by Gasteiger charge is -2.28. The van der Waals surface area contributed by atoms with Gasteiger partial charge >= 0.3 is 17.9 Å². The molecule has 152 valence electrons. The standard InChI is InChI=1S/C17H30O6S3/c1-17(11-21-14(18)5-2-8-24,12-22-15(19)6-3-9-25)13-23-16(20)7-4-10-26/h24-26H,2-13H2,1H3. The van der Waals surface area contributed by atoms with E-state index in [2.05, 4.69) is 37.9 Å². The van der Waals surface area contributed by atoms with E-state index in [1.807, 2.05) is 0 Å². The Hall–Kier alpha value is -0.540. The number of carbonyl (C=O) groups excluding carboxylic acids is 3. The Labute approximate surface area is 172 Å². The summed E-state index contributed by atoms with van der Waals surface area (Å²) >= 11 is 12.2. The van der Waals surface area contributed by atoms with E-state index in [1.54, 1.807) is 6.92 Å². The largest absolute Gasteiger partial charge is 0.465 e. The van der Waals surface area contributed by atoms with Crippen molar-refractivity contribution >= 4 is 55.8 Å². The molecule has 0 spiro atoms. The van der Waals surface area contributed by atoms with Crippen LogP contribution < -0.4 is 0 Å². The van der Waals surface area contributed by atoms with E-state index < -0.39 is 5.41 Å². The zero-order valence-corrected chi connectivity index (χ0v) is 18.0. The van der Waals surface area contributed by atoms with Gasteiger partial charge in [0.05, 0.1) is 5.41 Å². The maximum absolute atomic E-state index is 11.7. The Balaban J connectivity index is 4.60. The fraction of sp³-hybridized carbons (Fsp3) is 0.824. The van der Waals surface area contributed by atoms with Crippen LogP contribution in [0.25, 0.3) is 0 Å². The molecule has 0 aliphatic heterocycles. The van der Waals surface area contributed by atoms with Crippen LogP contribution in [0.5, 0.6) is 0 Å². The first-order chi connectivity index (χ1) is 12.4. The van der Waals surface area contributed by atoms with Gasteiger partial charge in [-0.05, 0) is 43.4 Å². The predicted molar refractivity (Wildman–Crippen MR) is 110 cm³/mol. The predicted octanol–water partition coefficient (Wildman–Crippen LogP) is 2.75. The van der Waals surface area contributed by atoms with Crippen LogP contribution in [0.3, 0.4) is 0 Å². The second-order valence-electron chi connectivity index (χ2n) is 6.27. The van der Waals surface area contributed by atoms with E-state index in [0.29, 0.717) is 36.5 Å². The monoisotopic (exact) mass is 426 g/mol. The van der Waals surface area contributed by atoms with E-state index in [0.717, 1.165) is 0 Å². The molecule has 0 unspecified atom stereocenters. The smallest absolute Gasteiger partial charge is 0.305 e. The van der Waals surface area contributed by atoms with Crippen LogP contribution in [0.4, 0.5) is 0 Å².